The Morgan fingerprint density at radius 3 is 2.73 bits per heavy atom. The molecule has 0 spiro atoms. The number of furan rings is 1. The number of hydrogen-bond acceptors (Lipinski definition) is 4. The van der Waals surface area contributed by atoms with E-state index < -0.39 is 5.97 Å². The Balaban J connectivity index is 0.000001000. The highest BCUT2D eigenvalue weighted by molar-refractivity contribution is 5.87. The van der Waals surface area contributed by atoms with Crippen LogP contribution in [-0.4, -0.2) is 13.1 Å². The number of rotatable bonds is 1. The molecule has 1 aromatic rings. The minimum Gasteiger partial charge on any atom is -0.463 e. The molecule has 0 unspecified atom stereocenters. The van der Waals surface area contributed by atoms with Crippen LogP contribution >= 0.6 is 12.4 Å². The third-order valence-electron chi connectivity index (χ3n) is 1.01. The zero-order valence-electron chi connectivity index (χ0n) is 5.87. The van der Waals surface area contributed by atoms with Gasteiger partial charge < -0.3 is 14.9 Å². The van der Waals surface area contributed by atoms with Crippen molar-refractivity contribution in [3.8, 4) is 0 Å². The number of anilines is 1. The molecule has 1 aromatic heterocycles. The van der Waals surface area contributed by atoms with Gasteiger partial charge in [0.15, 0.2) is 0 Å². The zero-order chi connectivity index (χ0) is 7.56. The highest BCUT2D eigenvalue weighted by Gasteiger charge is 2.08. The maximum absolute atomic E-state index is 10.7. The van der Waals surface area contributed by atoms with Crippen molar-refractivity contribution < 1.29 is 13.9 Å². The van der Waals surface area contributed by atoms with Crippen LogP contribution in [0.25, 0.3) is 0 Å². The monoisotopic (exact) mass is 177 g/mol. The lowest BCUT2D eigenvalue weighted by Gasteiger charge is -1.89. The fraction of sp³-hybridized carbons (Fsp3) is 0.167. The Hall–Kier alpha value is -1.16. The van der Waals surface area contributed by atoms with Gasteiger partial charge in [-0.25, -0.2) is 4.79 Å². The molecule has 0 aliphatic heterocycles. The Morgan fingerprint density at radius 2 is 2.36 bits per heavy atom. The number of carbonyl (C=O) groups is 1. The number of hydrogen-bond donors (Lipinski definition) is 1. The molecule has 0 aromatic carbocycles. The van der Waals surface area contributed by atoms with Crippen molar-refractivity contribution in [3.63, 3.8) is 0 Å². The van der Waals surface area contributed by atoms with Crippen molar-refractivity contribution >= 4 is 24.1 Å². The Morgan fingerprint density at radius 1 is 1.73 bits per heavy atom. The normalized spacial score (nSPS) is 8.45. The summed E-state index contributed by atoms with van der Waals surface area (Å²) < 4.78 is 9.08. The Kier molecular flexibility index (Phi) is 3.47. The predicted molar refractivity (Wildman–Crippen MR) is 41.7 cm³/mol. The summed E-state index contributed by atoms with van der Waals surface area (Å²) in [6.45, 7) is 0. The van der Waals surface area contributed by atoms with E-state index in [0.29, 0.717) is 5.69 Å². The number of ether oxygens (including phenoxy) is 1. The van der Waals surface area contributed by atoms with Crippen LogP contribution in [0.2, 0.25) is 0 Å². The van der Waals surface area contributed by atoms with E-state index in [1.807, 2.05) is 0 Å². The molecular formula is C6H8ClNO3. The SMILES string of the molecule is COC(=O)c1cc(N)co1.Cl. The fourth-order valence-corrected chi connectivity index (χ4v) is 0.559. The van der Waals surface area contributed by atoms with E-state index in [2.05, 4.69) is 4.74 Å². The third-order valence-corrected chi connectivity index (χ3v) is 1.01. The summed E-state index contributed by atoms with van der Waals surface area (Å²) in [5, 5.41) is 0. The first kappa shape index (κ1) is 9.84. The minimum absolute atomic E-state index is 0. The van der Waals surface area contributed by atoms with Crippen molar-refractivity contribution in [2.24, 2.45) is 0 Å². The number of halogens is 1. The summed E-state index contributed by atoms with van der Waals surface area (Å²) in [5.74, 6) is -0.392. The van der Waals surface area contributed by atoms with Gasteiger partial charge in [0.2, 0.25) is 5.76 Å². The molecule has 0 saturated heterocycles. The van der Waals surface area contributed by atoms with Gasteiger partial charge in [-0.05, 0) is 0 Å². The number of nitrogens with two attached hydrogens (primary N) is 1. The second-order valence-corrected chi connectivity index (χ2v) is 1.74. The molecule has 0 radical (unpaired) electrons. The van der Waals surface area contributed by atoms with E-state index in [-0.39, 0.29) is 18.2 Å². The molecule has 0 aliphatic rings. The molecule has 1 heterocycles. The van der Waals surface area contributed by atoms with Gasteiger partial charge in [0.25, 0.3) is 0 Å². The van der Waals surface area contributed by atoms with Crippen molar-refractivity contribution in [3.05, 3.63) is 18.1 Å². The Bertz CT molecular complexity index is 246. The van der Waals surface area contributed by atoms with Crippen LogP contribution in [0.15, 0.2) is 16.7 Å². The van der Waals surface area contributed by atoms with Crippen molar-refractivity contribution in [1.29, 1.82) is 0 Å². The van der Waals surface area contributed by atoms with Crippen LogP contribution < -0.4 is 5.73 Å². The molecule has 0 aliphatic carbocycles. The highest BCUT2D eigenvalue weighted by atomic mass is 35.5. The van der Waals surface area contributed by atoms with Gasteiger partial charge in [-0.1, -0.05) is 0 Å². The van der Waals surface area contributed by atoms with Crippen LogP contribution in [0.1, 0.15) is 10.6 Å². The average Bonchev–Trinajstić information content (AvgIpc) is 2.34. The number of esters is 1. The zero-order valence-corrected chi connectivity index (χ0v) is 6.68. The topological polar surface area (TPSA) is 65.5 Å². The van der Waals surface area contributed by atoms with E-state index in [0.717, 1.165) is 0 Å². The molecule has 11 heavy (non-hydrogen) atoms. The predicted octanol–water partition coefficient (Wildman–Crippen LogP) is 1.07. The standard InChI is InChI=1S/C6H7NO3.ClH/c1-9-6(8)5-2-4(7)3-10-5;/h2-3H,7H2,1H3;1H. The molecule has 0 saturated carbocycles. The lowest BCUT2D eigenvalue weighted by molar-refractivity contribution is 0.0565. The first-order chi connectivity index (χ1) is 4.74. The molecule has 0 atom stereocenters. The summed E-state index contributed by atoms with van der Waals surface area (Å²) in [7, 11) is 1.28. The van der Waals surface area contributed by atoms with Gasteiger partial charge in [-0.3, -0.25) is 0 Å². The molecule has 0 bridgehead atoms. The van der Waals surface area contributed by atoms with Crippen LogP contribution in [0.3, 0.4) is 0 Å². The number of methoxy groups -OCH3 is 1. The largest absolute Gasteiger partial charge is 0.463 e. The maximum atomic E-state index is 10.7. The van der Waals surface area contributed by atoms with Gasteiger partial charge in [-0.2, -0.15) is 0 Å². The third kappa shape index (κ3) is 2.16. The van der Waals surface area contributed by atoms with Gasteiger partial charge in [0, 0.05) is 6.07 Å². The van der Waals surface area contributed by atoms with Gasteiger partial charge in [0.05, 0.1) is 12.8 Å². The number of carbonyl (C=O) groups excluding carboxylic acids is 1. The van der Waals surface area contributed by atoms with E-state index in [4.69, 9.17) is 10.2 Å². The fourth-order valence-electron chi connectivity index (χ4n) is 0.559. The quantitative estimate of drug-likeness (QED) is 0.652. The summed E-state index contributed by atoms with van der Waals surface area (Å²) >= 11 is 0. The molecule has 1 rings (SSSR count). The van der Waals surface area contributed by atoms with Crippen LogP contribution in [0.5, 0.6) is 0 Å². The minimum atomic E-state index is -0.517. The molecule has 0 amide bonds. The van der Waals surface area contributed by atoms with E-state index in [1.54, 1.807) is 0 Å². The summed E-state index contributed by atoms with van der Waals surface area (Å²) in [6, 6.07) is 1.41. The molecule has 2 N–H and O–H groups in total. The number of nitrogen functional groups attached to an aromatic ring is 1. The first-order valence-corrected chi connectivity index (χ1v) is 2.66. The van der Waals surface area contributed by atoms with Crippen molar-refractivity contribution in [2.75, 3.05) is 12.8 Å². The van der Waals surface area contributed by atoms with Gasteiger partial charge in [-0.15, -0.1) is 12.4 Å². The molecule has 62 valence electrons. The molecule has 0 fully saturated rings. The Labute approximate surface area is 69.7 Å². The molecular weight excluding hydrogens is 170 g/mol. The lowest BCUT2D eigenvalue weighted by Crippen LogP contribution is -1.98. The van der Waals surface area contributed by atoms with Crippen LogP contribution in [0.4, 0.5) is 5.69 Å². The second kappa shape index (κ2) is 3.88. The van der Waals surface area contributed by atoms with E-state index in [1.165, 1.54) is 19.4 Å². The maximum Gasteiger partial charge on any atom is 0.374 e. The van der Waals surface area contributed by atoms with Crippen LogP contribution in [0, 0.1) is 0 Å². The molecule has 4 nitrogen and oxygen atoms in total. The van der Waals surface area contributed by atoms with Crippen molar-refractivity contribution in [1.82, 2.24) is 0 Å². The molecule has 5 heteroatoms. The van der Waals surface area contributed by atoms with Crippen molar-refractivity contribution in [2.45, 2.75) is 0 Å². The highest BCUT2D eigenvalue weighted by Crippen LogP contribution is 2.09. The smallest absolute Gasteiger partial charge is 0.374 e. The first-order valence-electron chi connectivity index (χ1n) is 2.66. The second-order valence-electron chi connectivity index (χ2n) is 1.74. The summed E-state index contributed by atoms with van der Waals surface area (Å²) in [5.41, 5.74) is 5.69. The van der Waals surface area contributed by atoms with Crippen LogP contribution in [-0.2, 0) is 4.74 Å². The lowest BCUT2D eigenvalue weighted by atomic mass is 10.4. The summed E-state index contributed by atoms with van der Waals surface area (Å²) in [4.78, 5) is 10.7. The van der Waals surface area contributed by atoms with E-state index >= 15 is 0 Å². The van der Waals surface area contributed by atoms with Gasteiger partial charge >= 0.3 is 5.97 Å². The summed E-state index contributed by atoms with van der Waals surface area (Å²) in [6.07, 6.45) is 1.28. The average molecular weight is 178 g/mol. The van der Waals surface area contributed by atoms with Gasteiger partial charge in [0.1, 0.15) is 6.26 Å². The van der Waals surface area contributed by atoms with E-state index in [9.17, 15) is 4.79 Å².